The second kappa shape index (κ2) is 8.48. The summed E-state index contributed by atoms with van der Waals surface area (Å²) in [7, 11) is -3.46. The third-order valence-electron chi connectivity index (χ3n) is 4.86. The van der Waals surface area contributed by atoms with Crippen LogP contribution in [0, 0.1) is 0 Å². The summed E-state index contributed by atoms with van der Waals surface area (Å²) in [6.07, 6.45) is 3.68. The summed E-state index contributed by atoms with van der Waals surface area (Å²) >= 11 is 1.63. The van der Waals surface area contributed by atoms with E-state index < -0.39 is 10.0 Å². The van der Waals surface area contributed by atoms with Crippen LogP contribution in [-0.4, -0.2) is 48.0 Å². The first-order chi connectivity index (χ1) is 14.0. The zero-order chi connectivity index (χ0) is 20.3. The smallest absolute Gasteiger partial charge is 0.251 e. The number of hydrogen-bond donors (Lipinski definition) is 1. The van der Waals surface area contributed by atoms with Gasteiger partial charge in [-0.3, -0.25) is 9.48 Å². The van der Waals surface area contributed by atoms with Crippen LogP contribution in [0.3, 0.4) is 0 Å². The third-order valence-corrected chi connectivity index (χ3v) is 7.67. The number of nitrogens with zero attached hydrogens (tertiary/aromatic N) is 3. The summed E-state index contributed by atoms with van der Waals surface area (Å²) in [6.45, 7) is 2.11. The van der Waals surface area contributed by atoms with Crippen LogP contribution in [0.4, 0.5) is 0 Å². The number of thiophene rings is 1. The Labute approximate surface area is 174 Å². The molecule has 3 aromatic rings. The average molecular weight is 431 g/mol. The third kappa shape index (κ3) is 4.42. The molecule has 9 heteroatoms. The molecule has 1 aliphatic rings. The number of rotatable bonds is 7. The molecule has 152 valence electrons. The van der Waals surface area contributed by atoms with Crippen molar-refractivity contribution in [1.29, 1.82) is 0 Å². The summed E-state index contributed by atoms with van der Waals surface area (Å²) in [4.78, 5) is 13.7. The SMILES string of the molecule is O=C(NCCn1ccc(-c2cccs2)n1)c1ccc(S(=O)(=O)N2CCCC2)cc1. The van der Waals surface area contributed by atoms with Crippen molar-refractivity contribution in [3.05, 3.63) is 59.6 Å². The highest BCUT2D eigenvalue weighted by atomic mass is 32.2. The molecule has 0 spiro atoms. The van der Waals surface area contributed by atoms with Gasteiger partial charge in [-0.05, 0) is 54.6 Å². The Kier molecular flexibility index (Phi) is 5.79. The fourth-order valence-electron chi connectivity index (χ4n) is 3.28. The fraction of sp³-hybridized carbons (Fsp3) is 0.300. The molecule has 1 saturated heterocycles. The van der Waals surface area contributed by atoms with E-state index in [0.29, 0.717) is 31.7 Å². The molecule has 0 aliphatic carbocycles. The molecule has 0 bridgehead atoms. The van der Waals surface area contributed by atoms with Crippen LogP contribution >= 0.6 is 11.3 Å². The zero-order valence-electron chi connectivity index (χ0n) is 15.8. The summed E-state index contributed by atoms with van der Waals surface area (Å²) in [5.74, 6) is -0.235. The second-order valence-corrected chi connectivity index (χ2v) is 9.72. The van der Waals surface area contributed by atoms with Crippen LogP contribution in [0.2, 0.25) is 0 Å². The van der Waals surface area contributed by atoms with Crippen LogP contribution in [0.25, 0.3) is 10.6 Å². The Hall–Kier alpha value is -2.49. The quantitative estimate of drug-likeness (QED) is 0.625. The molecular formula is C20H22N4O3S2. The van der Waals surface area contributed by atoms with E-state index in [4.69, 9.17) is 0 Å². The van der Waals surface area contributed by atoms with E-state index in [1.807, 2.05) is 29.8 Å². The Morgan fingerprint density at radius 2 is 1.86 bits per heavy atom. The number of hydrogen-bond acceptors (Lipinski definition) is 5. The molecule has 0 atom stereocenters. The number of carbonyl (C=O) groups is 1. The lowest BCUT2D eigenvalue weighted by Gasteiger charge is -2.15. The van der Waals surface area contributed by atoms with E-state index in [-0.39, 0.29) is 10.8 Å². The number of aromatic nitrogens is 2. The highest BCUT2D eigenvalue weighted by molar-refractivity contribution is 7.89. The van der Waals surface area contributed by atoms with Crippen LogP contribution in [0.1, 0.15) is 23.2 Å². The number of sulfonamides is 1. The molecule has 7 nitrogen and oxygen atoms in total. The summed E-state index contributed by atoms with van der Waals surface area (Å²) < 4.78 is 28.4. The van der Waals surface area contributed by atoms with Gasteiger partial charge in [0.1, 0.15) is 5.69 Å². The minimum atomic E-state index is -3.46. The van der Waals surface area contributed by atoms with E-state index in [1.165, 1.54) is 16.4 Å². The van der Waals surface area contributed by atoms with Gasteiger partial charge in [-0.1, -0.05) is 6.07 Å². The highest BCUT2D eigenvalue weighted by Gasteiger charge is 2.27. The number of amides is 1. The Morgan fingerprint density at radius 1 is 1.10 bits per heavy atom. The van der Waals surface area contributed by atoms with Crippen molar-refractivity contribution in [3.63, 3.8) is 0 Å². The molecule has 1 aliphatic heterocycles. The first-order valence-corrected chi connectivity index (χ1v) is 11.8. The maximum Gasteiger partial charge on any atom is 0.251 e. The van der Waals surface area contributed by atoms with Crippen molar-refractivity contribution in [2.75, 3.05) is 19.6 Å². The van der Waals surface area contributed by atoms with E-state index in [2.05, 4.69) is 10.4 Å². The van der Waals surface area contributed by atoms with Crippen molar-refractivity contribution >= 4 is 27.3 Å². The Bertz CT molecular complexity index is 1070. The summed E-state index contributed by atoms with van der Waals surface area (Å²) in [5.41, 5.74) is 1.35. The molecule has 0 radical (unpaired) electrons. The molecule has 0 saturated carbocycles. The molecule has 2 aromatic heterocycles. The van der Waals surface area contributed by atoms with Gasteiger partial charge in [0.2, 0.25) is 10.0 Å². The summed E-state index contributed by atoms with van der Waals surface area (Å²) in [5, 5.41) is 9.36. The first-order valence-electron chi connectivity index (χ1n) is 9.50. The van der Waals surface area contributed by atoms with Crippen LogP contribution < -0.4 is 5.32 Å². The monoisotopic (exact) mass is 430 g/mol. The molecule has 1 fully saturated rings. The van der Waals surface area contributed by atoms with Gasteiger partial charge < -0.3 is 5.32 Å². The Morgan fingerprint density at radius 3 is 2.55 bits per heavy atom. The van der Waals surface area contributed by atoms with Crippen molar-refractivity contribution in [2.45, 2.75) is 24.3 Å². The van der Waals surface area contributed by atoms with Gasteiger partial charge in [0.15, 0.2) is 0 Å². The van der Waals surface area contributed by atoms with Gasteiger partial charge in [-0.25, -0.2) is 8.42 Å². The van der Waals surface area contributed by atoms with Crippen LogP contribution in [-0.2, 0) is 16.6 Å². The Balaban J connectivity index is 1.32. The van der Waals surface area contributed by atoms with E-state index in [1.54, 1.807) is 28.2 Å². The molecule has 1 aromatic carbocycles. The van der Waals surface area contributed by atoms with Gasteiger partial charge in [0, 0.05) is 31.4 Å². The molecule has 29 heavy (non-hydrogen) atoms. The van der Waals surface area contributed by atoms with Gasteiger partial charge >= 0.3 is 0 Å². The first kappa shape index (κ1) is 19.8. The van der Waals surface area contributed by atoms with Gasteiger partial charge in [-0.15, -0.1) is 11.3 Å². The standard InChI is InChI=1S/C20H22N4O3S2/c25-20(21-10-14-23-13-9-18(22-23)19-4-3-15-28-19)16-5-7-17(8-6-16)29(26,27)24-11-1-2-12-24/h3-9,13,15H,1-2,10-12,14H2,(H,21,25). The fourth-order valence-corrected chi connectivity index (χ4v) is 5.49. The molecule has 0 unspecified atom stereocenters. The minimum Gasteiger partial charge on any atom is -0.350 e. The summed E-state index contributed by atoms with van der Waals surface area (Å²) in [6, 6.07) is 12.1. The minimum absolute atomic E-state index is 0.230. The van der Waals surface area contributed by atoms with E-state index in [9.17, 15) is 13.2 Å². The van der Waals surface area contributed by atoms with E-state index in [0.717, 1.165) is 23.4 Å². The average Bonchev–Trinajstić information content (AvgIpc) is 3.50. The van der Waals surface area contributed by atoms with Crippen molar-refractivity contribution in [1.82, 2.24) is 19.4 Å². The maximum absolute atomic E-state index is 12.5. The maximum atomic E-state index is 12.5. The molecule has 4 rings (SSSR count). The van der Waals surface area contributed by atoms with Crippen LogP contribution in [0.15, 0.2) is 58.9 Å². The number of benzene rings is 1. The van der Waals surface area contributed by atoms with Crippen LogP contribution in [0.5, 0.6) is 0 Å². The van der Waals surface area contributed by atoms with Gasteiger partial charge in [0.25, 0.3) is 5.91 Å². The normalized spacial score (nSPS) is 14.9. The lowest BCUT2D eigenvalue weighted by Crippen LogP contribution is -2.28. The highest BCUT2D eigenvalue weighted by Crippen LogP contribution is 2.22. The van der Waals surface area contributed by atoms with E-state index >= 15 is 0 Å². The molecule has 1 amide bonds. The molecular weight excluding hydrogens is 408 g/mol. The molecule has 1 N–H and O–H groups in total. The van der Waals surface area contributed by atoms with Crippen molar-refractivity contribution in [3.8, 4) is 10.6 Å². The predicted octanol–water partition coefficient (Wildman–Crippen LogP) is 2.83. The number of carbonyl (C=O) groups excluding carboxylic acids is 1. The van der Waals surface area contributed by atoms with Crippen molar-refractivity contribution in [2.24, 2.45) is 0 Å². The molecule has 3 heterocycles. The van der Waals surface area contributed by atoms with Gasteiger partial charge in [-0.2, -0.15) is 9.40 Å². The lowest BCUT2D eigenvalue weighted by atomic mass is 10.2. The predicted molar refractivity (Wildman–Crippen MR) is 112 cm³/mol. The number of nitrogens with one attached hydrogen (secondary N) is 1. The largest absolute Gasteiger partial charge is 0.350 e. The topological polar surface area (TPSA) is 84.3 Å². The van der Waals surface area contributed by atoms with Gasteiger partial charge in [0.05, 0.1) is 16.3 Å². The van der Waals surface area contributed by atoms with Crippen molar-refractivity contribution < 1.29 is 13.2 Å². The zero-order valence-corrected chi connectivity index (χ0v) is 17.5. The second-order valence-electron chi connectivity index (χ2n) is 6.83. The lowest BCUT2D eigenvalue weighted by molar-refractivity contribution is 0.0952.